The van der Waals surface area contributed by atoms with Gasteiger partial charge in [-0.1, -0.05) is 25.1 Å². The summed E-state index contributed by atoms with van der Waals surface area (Å²) in [5.41, 5.74) is -6.93. The number of likely N-dealkylation sites (tertiary alicyclic amines) is 1. The Morgan fingerprint density at radius 2 is 1.70 bits per heavy atom. The number of benzene rings is 1. The molecule has 46 heavy (non-hydrogen) atoms. The quantitative estimate of drug-likeness (QED) is 0.326. The van der Waals surface area contributed by atoms with E-state index in [0.717, 1.165) is 0 Å². The second-order valence-corrected chi connectivity index (χ2v) is 14.5. The fourth-order valence-corrected chi connectivity index (χ4v) is 12.3. The molecule has 14 atom stereocenters. The molecule has 12 heteroatoms. The van der Waals surface area contributed by atoms with Crippen LogP contribution in [0.2, 0.25) is 0 Å². The highest BCUT2D eigenvalue weighted by Gasteiger charge is 2.95. The largest absolute Gasteiger partial charge is 0.458 e. The third kappa shape index (κ3) is 3.57. The van der Waals surface area contributed by atoms with E-state index in [9.17, 15) is 24.9 Å². The number of hydrogen-bond donors (Lipinski definition) is 3. The molecule has 1 spiro atoms. The Morgan fingerprint density at radius 3 is 2.28 bits per heavy atom. The van der Waals surface area contributed by atoms with Gasteiger partial charge in [-0.25, -0.2) is 4.79 Å². The summed E-state index contributed by atoms with van der Waals surface area (Å²) in [5, 5.41) is 38.6. The molecule has 0 aromatic heterocycles. The molecule has 6 aliphatic rings. The number of piperidine rings is 1. The highest BCUT2D eigenvalue weighted by molar-refractivity contribution is 5.89. The van der Waals surface area contributed by atoms with Gasteiger partial charge in [-0.3, -0.25) is 9.69 Å². The molecule has 254 valence electrons. The molecule has 7 bridgehead atoms. The van der Waals surface area contributed by atoms with Crippen molar-refractivity contribution >= 4 is 11.9 Å². The van der Waals surface area contributed by atoms with Crippen molar-refractivity contribution in [3.05, 3.63) is 35.9 Å². The summed E-state index contributed by atoms with van der Waals surface area (Å²) in [6.07, 6.45) is -4.43. The maximum absolute atomic E-state index is 13.8. The summed E-state index contributed by atoms with van der Waals surface area (Å²) in [4.78, 5) is 29.2. The van der Waals surface area contributed by atoms with Crippen LogP contribution in [0.15, 0.2) is 30.3 Å². The molecule has 0 unspecified atom stereocenters. The van der Waals surface area contributed by atoms with Gasteiger partial charge in [0.2, 0.25) is 0 Å². The number of methoxy groups -OCH3 is 4. The number of aliphatic hydroxyl groups is 3. The molecular formula is C34H47NO11. The van der Waals surface area contributed by atoms with Gasteiger partial charge in [-0.15, -0.1) is 0 Å². The minimum Gasteiger partial charge on any atom is -0.458 e. The Bertz CT molecular complexity index is 1380. The number of nitrogens with zero attached hydrogens (tertiary/aromatic N) is 1. The van der Waals surface area contributed by atoms with Gasteiger partial charge in [0.1, 0.15) is 17.3 Å². The van der Waals surface area contributed by atoms with Crippen LogP contribution in [0.1, 0.15) is 43.5 Å². The maximum atomic E-state index is 13.8. The van der Waals surface area contributed by atoms with Crippen LogP contribution < -0.4 is 0 Å². The van der Waals surface area contributed by atoms with Crippen molar-refractivity contribution < 1.29 is 53.3 Å². The van der Waals surface area contributed by atoms with E-state index in [1.165, 1.54) is 14.0 Å². The standard InChI is InChI=1S/C34H47NO11/c1-7-35-16-30(17-41-3)20(37)13-21(42-4)34-25(30)24(44-6)23(27(34)35)32(46-18(2)36)14-22(43-5)31(39)15-33(34,40)26(32)28(31)45-29(38)19-11-9-8-10-12-19/h8-12,20-28,37,39-40H,7,13-17H2,1-6H3/t20-,21+,22+,23+,24+,25-,26-,27-,28-,30+,31+,32-,33+,34-/m1/s1. The number of carbonyl (C=O) groups excluding carboxylic acids is 2. The first-order chi connectivity index (χ1) is 21.9. The first kappa shape index (κ1) is 32.4. The first-order valence-electron chi connectivity index (χ1n) is 16.3. The van der Waals surface area contributed by atoms with Crippen LogP contribution in [0.4, 0.5) is 0 Å². The first-order valence-corrected chi connectivity index (χ1v) is 16.3. The molecule has 5 saturated carbocycles. The van der Waals surface area contributed by atoms with E-state index in [-0.39, 0.29) is 31.4 Å². The second-order valence-electron chi connectivity index (χ2n) is 14.5. The van der Waals surface area contributed by atoms with E-state index in [1.54, 1.807) is 51.7 Å². The van der Waals surface area contributed by atoms with Crippen LogP contribution in [0, 0.1) is 28.6 Å². The molecule has 1 aromatic rings. The number of fused-ring (bicyclic) bond motifs is 2. The predicted octanol–water partition coefficient (Wildman–Crippen LogP) is 0.792. The van der Waals surface area contributed by atoms with Gasteiger partial charge in [0.25, 0.3) is 0 Å². The second kappa shape index (κ2) is 10.7. The van der Waals surface area contributed by atoms with Gasteiger partial charge >= 0.3 is 11.9 Å². The van der Waals surface area contributed by atoms with Gasteiger partial charge in [-0.05, 0) is 18.7 Å². The van der Waals surface area contributed by atoms with Crippen molar-refractivity contribution in [2.75, 3.05) is 48.1 Å². The lowest BCUT2D eigenvalue weighted by Crippen LogP contribution is -2.84. The third-order valence-corrected chi connectivity index (χ3v) is 13.2. The van der Waals surface area contributed by atoms with Crippen LogP contribution in [0.5, 0.6) is 0 Å². The van der Waals surface area contributed by atoms with Crippen molar-refractivity contribution in [3.63, 3.8) is 0 Å². The Balaban J connectivity index is 1.54. The zero-order valence-electron chi connectivity index (χ0n) is 27.4. The van der Waals surface area contributed by atoms with Crippen LogP contribution in [-0.4, -0.2) is 134 Å². The highest BCUT2D eigenvalue weighted by Crippen LogP contribution is 2.81. The Hall–Kier alpha value is -2.16. The smallest absolute Gasteiger partial charge is 0.338 e. The van der Waals surface area contributed by atoms with Gasteiger partial charge < -0.3 is 43.7 Å². The Labute approximate surface area is 269 Å². The highest BCUT2D eigenvalue weighted by atomic mass is 16.6. The lowest BCUT2D eigenvalue weighted by molar-refractivity contribution is -0.342. The number of rotatable bonds is 9. The summed E-state index contributed by atoms with van der Waals surface area (Å²) < 4.78 is 37.4. The molecule has 0 amide bonds. The molecule has 0 radical (unpaired) electrons. The minimum atomic E-state index is -1.84. The van der Waals surface area contributed by atoms with Crippen molar-refractivity contribution in [2.24, 2.45) is 28.6 Å². The van der Waals surface area contributed by atoms with Gasteiger partial charge in [-0.2, -0.15) is 0 Å². The summed E-state index contributed by atoms with van der Waals surface area (Å²) in [6, 6.07) is 8.02. The van der Waals surface area contributed by atoms with E-state index in [1.807, 2.05) is 6.92 Å². The number of esters is 2. The normalized spacial score (nSPS) is 49.9. The molecule has 6 fully saturated rings. The average molecular weight is 646 g/mol. The van der Waals surface area contributed by atoms with E-state index < -0.39 is 93.9 Å². The molecule has 5 aliphatic carbocycles. The summed E-state index contributed by atoms with van der Waals surface area (Å²) in [6.45, 7) is 4.56. The third-order valence-electron chi connectivity index (χ3n) is 13.2. The topological polar surface area (TPSA) is 153 Å². The van der Waals surface area contributed by atoms with Crippen LogP contribution in [0.25, 0.3) is 0 Å². The van der Waals surface area contributed by atoms with Crippen LogP contribution >= 0.6 is 0 Å². The molecular weight excluding hydrogens is 598 g/mol. The molecule has 7 rings (SSSR count). The van der Waals surface area contributed by atoms with Gasteiger partial charge in [0.15, 0.2) is 0 Å². The zero-order chi connectivity index (χ0) is 33.0. The van der Waals surface area contributed by atoms with Crippen LogP contribution in [0.3, 0.4) is 0 Å². The Morgan fingerprint density at radius 1 is 1.00 bits per heavy atom. The van der Waals surface area contributed by atoms with Crippen molar-refractivity contribution in [1.29, 1.82) is 0 Å². The lowest BCUT2D eigenvalue weighted by atomic mass is 9.41. The number of aliphatic hydroxyl groups excluding tert-OH is 1. The van der Waals surface area contributed by atoms with E-state index in [4.69, 9.17) is 28.4 Å². The zero-order valence-corrected chi connectivity index (χ0v) is 27.4. The van der Waals surface area contributed by atoms with E-state index >= 15 is 0 Å². The molecule has 1 saturated heterocycles. The van der Waals surface area contributed by atoms with Crippen molar-refractivity contribution in [3.8, 4) is 0 Å². The van der Waals surface area contributed by atoms with Crippen molar-refractivity contribution in [2.45, 2.75) is 86.5 Å². The van der Waals surface area contributed by atoms with E-state index in [2.05, 4.69) is 4.90 Å². The molecule has 1 heterocycles. The number of carbonyl (C=O) groups is 2. The fraction of sp³-hybridized carbons (Fsp3) is 0.765. The predicted molar refractivity (Wildman–Crippen MR) is 161 cm³/mol. The summed E-state index contributed by atoms with van der Waals surface area (Å²) in [5.74, 6) is -3.42. The van der Waals surface area contributed by atoms with Crippen LogP contribution in [-0.2, 0) is 33.2 Å². The lowest BCUT2D eigenvalue weighted by Gasteiger charge is -2.72. The minimum absolute atomic E-state index is 0.0464. The molecule has 12 nitrogen and oxygen atoms in total. The van der Waals surface area contributed by atoms with Gasteiger partial charge in [0, 0.05) is 89.9 Å². The molecule has 1 aromatic carbocycles. The summed E-state index contributed by atoms with van der Waals surface area (Å²) in [7, 11) is 6.25. The van der Waals surface area contributed by atoms with E-state index in [0.29, 0.717) is 13.1 Å². The number of ether oxygens (including phenoxy) is 6. The average Bonchev–Trinajstić information content (AvgIpc) is 3.38. The molecule has 1 aliphatic heterocycles. The SMILES string of the molecule is CCN1C[C@]2(COC)[C@H](O)C[C@H](OC)[C@@]34[C@@H]2[C@@H](OC)[C@@H]([C@@H]13)[C@]1(OC(C)=O)C[C@H](OC)[C@@]2(O)C[C@]4(O)[C@@H]1[C@H]2OC(=O)c1ccccc1. The fourth-order valence-electron chi connectivity index (χ4n) is 12.3. The monoisotopic (exact) mass is 645 g/mol. The molecule has 3 N–H and O–H groups in total. The Kier molecular flexibility index (Phi) is 7.51. The number of hydrogen-bond acceptors (Lipinski definition) is 12. The van der Waals surface area contributed by atoms with Gasteiger partial charge in [0.05, 0.1) is 48.1 Å². The van der Waals surface area contributed by atoms with Crippen molar-refractivity contribution in [1.82, 2.24) is 4.90 Å². The summed E-state index contributed by atoms with van der Waals surface area (Å²) >= 11 is 0. The maximum Gasteiger partial charge on any atom is 0.338 e.